The van der Waals surface area contributed by atoms with E-state index in [2.05, 4.69) is 12.2 Å². The molecule has 1 saturated heterocycles. The summed E-state index contributed by atoms with van der Waals surface area (Å²) in [6.07, 6.45) is 3.93. The number of hydrogen-bond donors (Lipinski definition) is 1. The molecule has 2 amide bonds. The van der Waals surface area contributed by atoms with E-state index in [1.165, 1.54) is 6.42 Å². The minimum atomic E-state index is -0.311. The molecule has 1 aliphatic carbocycles. The van der Waals surface area contributed by atoms with Crippen molar-refractivity contribution in [2.45, 2.75) is 64.6 Å². The first-order valence-electron chi connectivity index (χ1n) is 6.67. The molecule has 1 heterocycles. The third-order valence-electron chi connectivity index (χ3n) is 4.13. The Kier molecular flexibility index (Phi) is 3.40. The highest BCUT2D eigenvalue weighted by Crippen LogP contribution is 2.31. The fourth-order valence-electron chi connectivity index (χ4n) is 3.05. The van der Waals surface area contributed by atoms with Gasteiger partial charge < -0.3 is 10.2 Å². The van der Waals surface area contributed by atoms with Crippen molar-refractivity contribution in [1.29, 1.82) is 0 Å². The summed E-state index contributed by atoms with van der Waals surface area (Å²) in [5, 5.41) is 2.80. The zero-order chi connectivity index (χ0) is 12.6. The molecule has 0 radical (unpaired) electrons. The second-order valence-corrected chi connectivity index (χ2v) is 5.46. The lowest BCUT2D eigenvalue weighted by Crippen LogP contribution is -2.64. The molecule has 1 saturated carbocycles. The number of carbonyl (C=O) groups is 2. The van der Waals surface area contributed by atoms with Gasteiger partial charge in [0.05, 0.1) is 0 Å². The van der Waals surface area contributed by atoms with Crippen LogP contribution >= 0.6 is 0 Å². The summed E-state index contributed by atoms with van der Waals surface area (Å²) < 4.78 is 0. The molecule has 0 aromatic carbocycles. The first-order valence-corrected chi connectivity index (χ1v) is 6.67. The van der Waals surface area contributed by atoms with Crippen LogP contribution in [0.4, 0.5) is 0 Å². The molecule has 0 spiro atoms. The fraction of sp³-hybridized carbons (Fsp3) is 0.846. The Bertz CT molecular complexity index is 329. The molecule has 4 heteroatoms. The SMILES string of the molecule is CCC1NC(=O)C(C)N(C2CCC(C)C2)C1=O. The Labute approximate surface area is 103 Å². The zero-order valence-corrected chi connectivity index (χ0v) is 10.9. The number of piperazine rings is 1. The van der Waals surface area contributed by atoms with Crippen molar-refractivity contribution in [1.82, 2.24) is 10.2 Å². The highest BCUT2D eigenvalue weighted by atomic mass is 16.2. The molecular formula is C13H22N2O2. The van der Waals surface area contributed by atoms with Gasteiger partial charge in [0.1, 0.15) is 12.1 Å². The molecule has 17 heavy (non-hydrogen) atoms. The van der Waals surface area contributed by atoms with Gasteiger partial charge in [0.25, 0.3) is 0 Å². The summed E-state index contributed by atoms with van der Waals surface area (Å²) in [6, 6.07) is -0.345. The molecule has 1 aliphatic heterocycles. The monoisotopic (exact) mass is 238 g/mol. The lowest BCUT2D eigenvalue weighted by Gasteiger charge is -2.40. The van der Waals surface area contributed by atoms with Crippen LogP contribution in [0.2, 0.25) is 0 Å². The van der Waals surface area contributed by atoms with Gasteiger partial charge in [0.2, 0.25) is 11.8 Å². The minimum absolute atomic E-state index is 0.00370. The third kappa shape index (κ3) is 2.17. The van der Waals surface area contributed by atoms with Crippen LogP contribution in [0.15, 0.2) is 0 Å². The van der Waals surface area contributed by atoms with Crippen LogP contribution < -0.4 is 5.32 Å². The molecule has 2 fully saturated rings. The van der Waals surface area contributed by atoms with Gasteiger partial charge in [-0.25, -0.2) is 0 Å². The number of carbonyl (C=O) groups excluding carboxylic acids is 2. The van der Waals surface area contributed by atoms with E-state index in [4.69, 9.17) is 0 Å². The van der Waals surface area contributed by atoms with Crippen LogP contribution in [0.3, 0.4) is 0 Å². The first-order chi connectivity index (χ1) is 8.04. The second kappa shape index (κ2) is 4.67. The number of nitrogens with zero attached hydrogens (tertiary/aromatic N) is 1. The summed E-state index contributed by atoms with van der Waals surface area (Å²) in [5.74, 6) is 0.778. The van der Waals surface area contributed by atoms with Gasteiger partial charge in [-0.2, -0.15) is 0 Å². The van der Waals surface area contributed by atoms with Crippen molar-refractivity contribution in [3.63, 3.8) is 0 Å². The van der Waals surface area contributed by atoms with E-state index in [-0.39, 0.29) is 29.9 Å². The van der Waals surface area contributed by atoms with E-state index >= 15 is 0 Å². The summed E-state index contributed by atoms with van der Waals surface area (Å²) in [5.41, 5.74) is 0. The molecule has 4 unspecified atom stereocenters. The normalized spacial score (nSPS) is 38.4. The van der Waals surface area contributed by atoms with Gasteiger partial charge in [0.15, 0.2) is 0 Å². The maximum Gasteiger partial charge on any atom is 0.246 e. The van der Waals surface area contributed by atoms with Crippen LogP contribution in [0.1, 0.15) is 46.5 Å². The van der Waals surface area contributed by atoms with E-state index in [9.17, 15) is 9.59 Å². The average Bonchev–Trinajstić information content (AvgIpc) is 2.70. The Morgan fingerprint density at radius 3 is 2.53 bits per heavy atom. The Morgan fingerprint density at radius 2 is 2.00 bits per heavy atom. The second-order valence-electron chi connectivity index (χ2n) is 5.46. The lowest BCUT2D eigenvalue weighted by atomic mass is 10.0. The van der Waals surface area contributed by atoms with E-state index in [0.717, 1.165) is 12.8 Å². The Hall–Kier alpha value is -1.06. The molecule has 2 aliphatic rings. The fourth-order valence-corrected chi connectivity index (χ4v) is 3.05. The van der Waals surface area contributed by atoms with Crippen molar-refractivity contribution in [2.24, 2.45) is 5.92 Å². The smallest absolute Gasteiger partial charge is 0.246 e. The summed E-state index contributed by atoms with van der Waals surface area (Å²) in [7, 11) is 0. The van der Waals surface area contributed by atoms with Crippen molar-refractivity contribution >= 4 is 11.8 Å². The van der Waals surface area contributed by atoms with Gasteiger partial charge in [-0.05, 0) is 38.5 Å². The molecule has 1 N–H and O–H groups in total. The van der Waals surface area contributed by atoms with Crippen molar-refractivity contribution in [3.8, 4) is 0 Å². The molecule has 2 rings (SSSR count). The van der Waals surface area contributed by atoms with E-state index in [0.29, 0.717) is 12.3 Å². The zero-order valence-electron chi connectivity index (χ0n) is 10.9. The van der Waals surface area contributed by atoms with Gasteiger partial charge in [-0.1, -0.05) is 13.8 Å². The minimum Gasteiger partial charge on any atom is -0.343 e. The first kappa shape index (κ1) is 12.4. The predicted molar refractivity (Wildman–Crippen MR) is 65.3 cm³/mol. The topological polar surface area (TPSA) is 49.4 Å². The molecular weight excluding hydrogens is 216 g/mol. The Balaban J connectivity index is 2.17. The number of nitrogens with one attached hydrogen (secondary N) is 1. The number of amides is 2. The van der Waals surface area contributed by atoms with Crippen LogP contribution in [0.25, 0.3) is 0 Å². The average molecular weight is 238 g/mol. The molecule has 4 atom stereocenters. The van der Waals surface area contributed by atoms with Crippen molar-refractivity contribution < 1.29 is 9.59 Å². The van der Waals surface area contributed by atoms with Crippen molar-refractivity contribution in [3.05, 3.63) is 0 Å². The maximum atomic E-state index is 12.3. The van der Waals surface area contributed by atoms with Gasteiger partial charge >= 0.3 is 0 Å². The molecule has 0 aromatic rings. The van der Waals surface area contributed by atoms with E-state index in [1.807, 2.05) is 18.7 Å². The Morgan fingerprint density at radius 1 is 1.29 bits per heavy atom. The summed E-state index contributed by atoms with van der Waals surface area (Å²) >= 11 is 0. The van der Waals surface area contributed by atoms with E-state index < -0.39 is 0 Å². The van der Waals surface area contributed by atoms with Gasteiger partial charge in [0, 0.05) is 6.04 Å². The van der Waals surface area contributed by atoms with Crippen LogP contribution in [0, 0.1) is 5.92 Å². The van der Waals surface area contributed by atoms with Crippen LogP contribution in [-0.2, 0) is 9.59 Å². The standard InChI is InChI=1S/C13H22N2O2/c1-4-11-13(17)15(9(3)12(16)14-11)10-6-5-8(2)7-10/h8-11H,4-7H2,1-3H3,(H,14,16). The van der Waals surface area contributed by atoms with Gasteiger partial charge in [-0.15, -0.1) is 0 Å². The predicted octanol–water partition coefficient (Wildman–Crippen LogP) is 1.30. The molecule has 0 bridgehead atoms. The lowest BCUT2D eigenvalue weighted by molar-refractivity contribution is -0.151. The van der Waals surface area contributed by atoms with E-state index in [1.54, 1.807) is 0 Å². The molecule has 0 aromatic heterocycles. The quantitative estimate of drug-likeness (QED) is 0.788. The van der Waals surface area contributed by atoms with Crippen LogP contribution in [-0.4, -0.2) is 34.8 Å². The third-order valence-corrected chi connectivity index (χ3v) is 4.13. The largest absolute Gasteiger partial charge is 0.343 e. The summed E-state index contributed by atoms with van der Waals surface area (Å²) in [4.78, 5) is 26.0. The van der Waals surface area contributed by atoms with Crippen molar-refractivity contribution in [2.75, 3.05) is 0 Å². The number of hydrogen-bond acceptors (Lipinski definition) is 2. The van der Waals surface area contributed by atoms with Gasteiger partial charge in [-0.3, -0.25) is 9.59 Å². The maximum absolute atomic E-state index is 12.3. The highest BCUT2D eigenvalue weighted by Gasteiger charge is 2.42. The molecule has 96 valence electrons. The van der Waals surface area contributed by atoms with Crippen LogP contribution in [0.5, 0.6) is 0 Å². The molecule has 4 nitrogen and oxygen atoms in total. The highest BCUT2D eigenvalue weighted by molar-refractivity contribution is 5.96. The summed E-state index contributed by atoms with van der Waals surface area (Å²) in [6.45, 7) is 5.99. The number of rotatable bonds is 2.